The molecule has 1 N–H and O–H groups in total. The number of nitrogens with one attached hydrogen (secondary N) is 1. The summed E-state index contributed by atoms with van der Waals surface area (Å²) in [7, 11) is 0. The summed E-state index contributed by atoms with van der Waals surface area (Å²) in [5, 5.41) is 20.6. The van der Waals surface area contributed by atoms with Crippen LogP contribution >= 0.6 is 15.9 Å². The molecule has 5 heteroatoms. The largest absolute Gasteiger partial charge is 0.353 e. The van der Waals surface area contributed by atoms with Crippen molar-refractivity contribution in [1.29, 1.82) is 0 Å². The van der Waals surface area contributed by atoms with Crippen molar-refractivity contribution in [3.63, 3.8) is 0 Å². The Morgan fingerprint density at radius 1 is 0.266 bits per heavy atom. The van der Waals surface area contributed by atoms with Crippen molar-refractivity contribution < 1.29 is 0 Å². The molecule has 0 aliphatic carbocycles. The first kappa shape index (κ1) is 59.1. The quantitative estimate of drug-likeness (QED) is 0.146. The molecule has 18 aromatic rings. The Labute approximate surface area is 557 Å². The van der Waals surface area contributed by atoms with Gasteiger partial charge in [0.25, 0.3) is 0 Å². The third kappa shape index (κ3) is 11.1. The first-order valence-electron chi connectivity index (χ1n) is 32.7. The number of halogens is 1. The minimum Gasteiger partial charge on any atom is -0.353 e. The van der Waals surface area contributed by atoms with E-state index in [-0.39, 0.29) is 0 Å². The number of hydrogen-bond donors (Lipinski definition) is 1. The predicted octanol–water partition coefficient (Wildman–Crippen LogP) is 26.6. The van der Waals surface area contributed by atoms with Crippen LogP contribution in [0.4, 0.5) is 34.1 Å². The van der Waals surface area contributed by atoms with Crippen molar-refractivity contribution in [2.24, 2.45) is 0 Å². The molecule has 4 nitrogen and oxygen atoms in total. The molecular weight excluding hydrogens is 1200 g/mol. The molecule has 18 rings (SSSR count). The Hall–Kier alpha value is -11.2. The smallest absolute Gasteiger partial charge is 0.0626 e. The topological polar surface area (TPSA) is 27.2 Å². The van der Waals surface area contributed by atoms with E-state index in [9.17, 15) is 0 Å². The summed E-state index contributed by atoms with van der Waals surface area (Å²) in [5.74, 6) is 0. The van der Waals surface area contributed by atoms with Crippen LogP contribution in [0.1, 0.15) is 33.1 Å². The van der Waals surface area contributed by atoms with Crippen LogP contribution in [0.3, 0.4) is 0 Å². The maximum Gasteiger partial charge on any atom is 0.0626 e. The van der Waals surface area contributed by atoms with Crippen molar-refractivity contribution in [2.75, 3.05) is 9.80 Å². The molecule has 16 aromatic carbocycles. The molecule has 2 heterocycles. The van der Waals surface area contributed by atoms with Crippen molar-refractivity contribution in [1.82, 2.24) is 9.55 Å². The highest BCUT2D eigenvalue weighted by atomic mass is 79.9. The van der Waals surface area contributed by atoms with Gasteiger partial charge >= 0.3 is 0 Å². The van der Waals surface area contributed by atoms with E-state index in [0.717, 1.165) is 44.3 Å². The molecule has 0 aliphatic rings. The lowest BCUT2D eigenvalue weighted by Gasteiger charge is -2.25. The average Bonchev–Trinajstić information content (AvgIpc) is 1.55. The molecule has 0 spiro atoms. The van der Waals surface area contributed by atoms with Gasteiger partial charge in [-0.15, -0.1) is 0 Å². The molecular formula is C89H69BrN4. The molecule has 0 radical (unpaired) electrons. The van der Waals surface area contributed by atoms with Gasteiger partial charge in [-0.25, -0.2) is 0 Å². The lowest BCUT2D eigenvalue weighted by Crippen LogP contribution is -2.09. The second-order valence-corrected chi connectivity index (χ2v) is 24.8. The van der Waals surface area contributed by atoms with Crippen molar-refractivity contribution in [3.8, 4) is 5.69 Å². The zero-order valence-electron chi connectivity index (χ0n) is 52.7. The molecule has 0 fully saturated rings. The van der Waals surface area contributed by atoms with Crippen LogP contribution in [0.5, 0.6) is 0 Å². The van der Waals surface area contributed by atoms with Crippen LogP contribution in [0, 0.1) is 0 Å². The number of anilines is 6. The van der Waals surface area contributed by atoms with E-state index in [1.54, 1.807) is 0 Å². The number of benzene rings is 16. The van der Waals surface area contributed by atoms with Crippen LogP contribution in [-0.4, -0.2) is 9.55 Å². The predicted molar refractivity (Wildman–Crippen MR) is 410 cm³/mol. The summed E-state index contributed by atoms with van der Waals surface area (Å²) in [6, 6.07) is 121. The van der Waals surface area contributed by atoms with Gasteiger partial charge in [-0.1, -0.05) is 292 Å². The number of fused-ring (bicyclic) bond motifs is 20. The van der Waals surface area contributed by atoms with Gasteiger partial charge in [0.1, 0.15) is 0 Å². The number of para-hydroxylation sites is 4. The fraction of sp³-hybridized carbons (Fsp3) is 0.0562. The molecule has 0 aliphatic heterocycles. The first-order chi connectivity index (χ1) is 46.5. The van der Waals surface area contributed by atoms with Crippen molar-refractivity contribution in [2.45, 2.75) is 33.1 Å². The maximum absolute atomic E-state index is 3.76. The number of H-pyrrole nitrogens is 1. The van der Waals surface area contributed by atoms with E-state index >= 15 is 0 Å². The van der Waals surface area contributed by atoms with Gasteiger partial charge in [0.2, 0.25) is 0 Å². The first-order valence-corrected chi connectivity index (χ1v) is 33.5. The Morgan fingerprint density at radius 3 is 1.10 bits per heavy atom. The van der Waals surface area contributed by atoms with E-state index in [4.69, 9.17) is 0 Å². The van der Waals surface area contributed by atoms with Gasteiger partial charge < -0.3 is 19.4 Å². The summed E-state index contributed by atoms with van der Waals surface area (Å²) in [6.07, 6.45) is 4.08. The highest BCUT2D eigenvalue weighted by molar-refractivity contribution is 9.10. The zero-order valence-corrected chi connectivity index (χ0v) is 54.3. The van der Waals surface area contributed by atoms with Crippen LogP contribution in [0.25, 0.3) is 114 Å². The van der Waals surface area contributed by atoms with E-state index in [0.29, 0.717) is 0 Å². The number of aromatic nitrogens is 2. The second-order valence-electron chi connectivity index (χ2n) is 23.9. The molecule has 0 amide bonds. The average molecular weight is 1270 g/mol. The number of unbranched alkanes of at least 4 members (excludes halogenated alkanes) is 2. The minimum absolute atomic E-state index is 1.09. The molecule has 0 saturated heterocycles. The molecule has 94 heavy (non-hydrogen) atoms. The van der Waals surface area contributed by atoms with Gasteiger partial charge in [-0.05, 0) is 140 Å². The van der Waals surface area contributed by atoms with E-state index in [1.165, 1.54) is 128 Å². The number of hydrogen-bond acceptors (Lipinski definition) is 2. The Bertz CT molecular complexity index is 5590. The normalized spacial score (nSPS) is 11.3. The Kier molecular flexibility index (Phi) is 16.7. The summed E-state index contributed by atoms with van der Waals surface area (Å²) >= 11 is 3.49. The van der Waals surface area contributed by atoms with Crippen molar-refractivity contribution in [3.05, 3.63) is 344 Å². The summed E-state index contributed by atoms with van der Waals surface area (Å²) in [4.78, 5) is 8.31. The highest BCUT2D eigenvalue weighted by Crippen LogP contribution is 2.46. The van der Waals surface area contributed by atoms with Crippen molar-refractivity contribution >= 4 is 158 Å². The molecule has 452 valence electrons. The van der Waals surface area contributed by atoms with Gasteiger partial charge in [0.15, 0.2) is 0 Å². The van der Waals surface area contributed by atoms with Crippen LogP contribution in [0.2, 0.25) is 0 Å². The van der Waals surface area contributed by atoms with Crippen LogP contribution in [-0.2, 0) is 0 Å². The van der Waals surface area contributed by atoms with Gasteiger partial charge in [0, 0.05) is 87.4 Å². The minimum atomic E-state index is 1.09. The maximum atomic E-state index is 3.76. The van der Waals surface area contributed by atoms with E-state index in [2.05, 4.69) is 377 Å². The molecule has 2 aromatic heterocycles. The molecule has 0 atom stereocenters. The third-order valence-corrected chi connectivity index (χ3v) is 18.6. The number of aromatic amines is 1. The standard InChI is InChI=1S/C42H28N2.C24H15N.C18H14BrN.C5H12/c1-3-14-30(15-4-1)43(31-16-5-2-6-17-31)32-24-26-33(27-25-32)44-41-34-18-8-7-13-29(34)23-28-39(41)40-37-21-11-9-19-35(37)36-20-10-12-22-38(36)42(40)44;1-2-8-16-15(7-1)13-14-21-22-19-11-5-3-9-17(19)18-10-4-6-12-20(18)24(22)25-23(16)21;19-15-11-13-18(14-12-15)20(16-7-3-1-4-8-16)17-9-5-2-6-10-17;1-3-5-4-2/h1-28H;1-14,25H;1-14H;3-5H2,1-2H3. The summed E-state index contributed by atoms with van der Waals surface area (Å²) < 4.78 is 3.59. The monoisotopic (exact) mass is 1270 g/mol. The fourth-order valence-corrected chi connectivity index (χ4v) is 14.1. The SMILES string of the molecule is Brc1ccc(N(c2ccccc2)c2ccccc2)cc1.CCCCC.c1ccc(N(c2ccccc2)c2ccc(-n3c4c5ccccc5ccc4c4c5ccccc5c5ccccc5c43)cc2)cc1.c1ccc2c(c1)ccc1c2[nH]c2c3ccccc3c3ccccc3c12. The lowest BCUT2D eigenvalue weighted by molar-refractivity contribution is 0.772. The number of nitrogens with zero attached hydrogens (tertiary/aromatic N) is 3. The fourth-order valence-electron chi connectivity index (χ4n) is 13.9. The van der Waals surface area contributed by atoms with Gasteiger partial charge in [-0.3, -0.25) is 0 Å². The van der Waals surface area contributed by atoms with Crippen LogP contribution < -0.4 is 9.80 Å². The number of rotatable bonds is 9. The second kappa shape index (κ2) is 26.5. The van der Waals surface area contributed by atoms with Gasteiger partial charge in [0.05, 0.1) is 22.1 Å². The lowest BCUT2D eigenvalue weighted by atomic mass is 9.96. The molecule has 0 saturated carbocycles. The zero-order chi connectivity index (χ0) is 63.3. The van der Waals surface area contributed by atoms with Gasteiger partial charge in [-0.2, -0.15) is 0 Å². The van der Waals surface area contributed by atoms with E-state index in [1.807, 2.05) is 12.1 Å². The molecule has 0 unspecified atom stereocenters. The highest BCUT2D eigenvalue weighted by Gasteiger charge is 2.22. The third-order valence-electron chi connectivity index (χ3n) is 18.1. The molecule has 0 bridgehead atoms. The Balaban J connectivity index is 0.000000123. The summed E-state index contributed by atoms with van der Waals surface area (Å²) in [6.45, 7) is 4.42. The van der Waals surface area contributed by atoms with Crippen LogP contribution in [0.15, 0.2) is 344 Å². The Morgan fingerprint density at radius 2 is 0.617 bits per heavy atom. The van der Waals surface area contributed by atoms with E-state index < -0.39 is 0 Å². The summed E-state index contributed by atoms with van der Waals surface area (Å²) in [5.41, 5.74) is 12.9.